The van der Waals surface area contributed by atoms with E-state index in [0.717, 1.165) is 17.0 Å². The van der Waals surface area contributed by atoms with Crippen molar-refractivity contribution in [2.45, 2.75) is 23.3 Å². The van der Waals surface area contributed by atoms with Gasteiger partial charge in [-0.3, -0.25) is 0 Å². The molecule has 0 amide bonds. The number of nitrogens with one attached hydrogen (secondary N) is 1. The summed E-state index contributed by atoms with van der Waals surface area (Å²) < 4.78 is 0. The standard InChI is InChI=1S/C15H17NOS/c1-11-7-8-15(13(17)9-11)18-14-6-4-3-5-12(14)10-16-2/h3-9,16-17H,10H2,1-2H3. The fourth-order valence-electron chi connectivity index (χ4n) is 1.77. The van der Waals surface area contributed by atoms with Crippen molar-refractivity contribution in [2.24, 2.45) is 0 Å². The van der Waals surface area contributed by atoms with Gasteiger partial charge >= 0.3 is 0 Å². The first kappa shape index (κ1) is 13.0. The number of benzene rings is 2. The number of hydrogen-bond acceptors (Lipinski definition) is 3. The third kappa shape index (κ3) is 3.06. The molecule has 0 radical (unpaired) electrons. The Morgan fingerprint density at radius 3 is 2.61 bits per heavy atom. The molecule has 0 spiro atoms. The van der Waals surface area contributed by atoms with Crippen molar-refractivity contribution < 1.29 is 5.11 Å². The first-order valence-electron chi connectivity index (χ1n) is 5.90. The maximum atomic E-state index is 9.94. The average Bonchev–Trinajstić information content (AvgIpc) is 2.35. The van der Waals surface area contributed by atoms with E-state index in [1.54, 1.807) is 17.8 Å². The van der Waals surface area contributed by atoms with E-state index in [2.05, 4.69) is 17.4 Å². The lowest BCUT2D eigenvalue weighted by Gasteiger charge is -2.10. The maximum Gasteiger partial charge on any atom is 0.129 e. The number of aromatic hydroxyl groups is 1. The van der Waals surface area contributed by atoms with Gasteiger partial charge in [0.25, 0.3) is 0 Å². The van der Waals surface area contributed by atoms with Crippen LogP contribution >= 0.6 is 11.8 Å². The van der Waals surface area contributed by atoms with E-state index in [0.29, 0.717) is 5.75 Å². The molecule has 2 aromatic rings. The molecule has 0 saturated carbocycles. The highest BCUT2D eigenvalue weighted by atomic mass is 32.2. The molecule has 0 saturated heterocycles. The van der Waals surface area contributed by atoms with E-state index < -0.39 is 0 Å². The van der Waals surface area contributed by atoms with Gasteiger partial charge in [-0.05, 0) is 43.3 Å². The second-order valence-electron chi connectivity index (χ2n) is 4.21. The van der Waals surface area contributed by atoms with Gasteiger partial charge in [0.1, 0.15) is 5.75 Å². The second-order valence-corrected chi connectivity index (χ2v) is 5.30. The molecule has 18 heavy (non-hydrogen) atoms. The van der Waals surface area contributed by atoms with E-state index in [1.807, 2.05) is 38.2 Å². The smallest absolute Gasteiger partial charge is 0.129 e. The van der Waals surface area contributed by atoms with Gasteiger partial charge < -0.3 is 10.4 Å². The Bertz CT molecular complexity index is 540. The Balaban J connectivity index is 2.28. The van der Waals surface area contributed by atoms with Gasteiger partial charge in [0.15, 0.2) is 0 Å². The highest BCUT2D eigenvalue weighted by Gasteiger charge is 2.07. The normalized spacial score (nSPS) is 10.6. The summed E-state index contributed by atoms with van der Waals surface area (Å²) in [6, 6.07) is 14.0. The lowest BCUT2D eigenvalue weighted by Crippen LogP contribution is -2.05. The average molecular weight is 259 g/mol. The van der Waals surface area contributed by atoms with Crippen LogP contribution in [0.15, 0.2) is 52.3 Å². The Labute approximate surface area is 112 Å². The molecule has 0 atom stereocenters. The van der Waals surface area contributed by atoms with Crippen molar-refractivity contribution in [1.82, 2.24) is 5.32 Å². The van der Waals surface area contributed by atoms with Gasteiger partial charge in [-0.25, -0.2) is 0 Å². The summed E-state index contributed by atoms with van der Waals surface area (Å²) in [5.74, 6) is 0.347. The van der Waals surface area contributed by atoms with Crippen molar-refractivity contribution in [3.05, 3.63) is 53.6 Å². The van der Waals surface area contributed by atoms with Crippen molar-refractivity contribution in [3.63, 3.8) is 0 Å². The summed E-state index contributed by atoms with van der Waals surface area (Å²) in [6.45, 7) is 2.80. The molecule has 0 unspecified atom stereocenters. The molecule has 0 aromatic heterocycles. The summed E-state index contributed by atoms with van der Waals surface area (Å²) in [6.07, 6.45) is 0. The topological polar surface area (TPSA) is 32.3 Å². The van der Waals surface area contributed by atoms with E-state index >= 15 is 0 Å². The maximum absolute atomic E-state index is 9.94. The predicted molar refractivity (Wildman–Crippen MR) is 76.2 cm³/mol. The Morgan fingerprint density at radius 1 is 1.11 bits per heavy atom. The van der Waals surface area contributed by atoms with Crippen LogP contribution in [0.25, 0.3) is 0 Å². The zero-order valence-electron chi connectivity index (χ0n) is 10.6. The molecule has 94 valence electrons. The van der Waals surface area contributed by atoms with Gasteiger partial charge in [-0.2, -0.15) is 0 Å². The van der Waals surface area contributed by atoms with Gasteiger partial charge in [0.2, 0.25) is 0 Å². The molecule has 2 nitrogen and oxygen atoms in total. The van der Waals surface area contributed by atoms with Crippen molar-refractivity contribution in [2.75, 3.05) is 7.05 Å². The van der Waals surface area contributed by atoms with Crippen LogP contribution in [0.2, 0.25) is 0 Å². The fourth-order valence-corrected chi connectivity index (χ4v) is 2.73. The van der Waals surface area contributed by atoms with Gasteiger partial charge in [0.05, 0.1) is 4.90 Å². The van der Waals surface area contributed by atoms with Crippen LogP contribution in [0.4, 0.5) is 0 Å². The van der Waals surface area contributed by atoms with E-state index in [4.69, 9.17) is 0 Å². The Kier molecular flexibility index (Phi) is 4.28. The molecule has 2 N–H and O–H groups in total. The van der Waals surface area contributed by atoms with Crippen molar-refractivity contribution in [1.29, 1.82) is 0 Å². The zero-order valence-corrected chi connectivity index (χ0v) is 11.4. The molecule has 2 aromatic carbocycles. The Hall–Kier alpha value is -1.45. The van der Waals surface area contributed by atoms with Crippen LogP contribution in [-0.2, 0) is 6.54 Å². The minimum atomic E-state index is 0.347. The van der Waals surface area contributed by atoms with Crippen molar-refractivity contribution >= 4 is 11.8 Å². The highest BCUT2D eigenvalue weighted by molar-refractivity contribution is 7.99. The monoisotopic (exact) mass is 259 g/mol. The molecule has 2 rings (SSSR count). The number of phenols is 1. The van der Waals surface area contributed by atoms with Crippen LogP contribution in [0, 0.1) is 6.92 Å². The van der Waals surface area contributed by atoms with E-state index in [-0.39, 0.29) is 0 Å². The first-order valence-corrected chi connectivity index (χ1v) is 6.72. The quantitative estimate of drug-likeness (QED) is 0.880. The summed E-state index contributed by atoms with van der Waals surface area (Å²) in [5.41, 5.74) is 2.31. The fraction of sp³-hybridized carbons (Fsp3) is 0.200. The SMILES string of the molecule is CNCc1ccccc1Sc1ccc(C)cc1O. The van der Waals surface area contributed by atoms with E-state index in [1.165, 1.54) is 10.5 Å². The van der Waals surface area contributed by atoms with Crippen LogP contribution in [-0.4, -0.2) is 12.2 Å². The van der Waals surface area contributed by atoms with Crippen LogP contribution in [0.5, 0.6) is 5.75 Å². The largest absolute Gasteiger partial charge is 0.507 e. The molecule has 3 heteroatoms. The van der Waals surface area contributed by atoms with Crippen LogP contribution in [0.3, 0.4) is 0 Å². The van der Waals surface area contributed by atoms with Crippen LogP contribution in [0.1, 0.15) is 11.1 Å². The van der Waals surface area contributed by atoms with E-state index in [9.17, 15) is 5.11 Å². The minimum Gasteiger partial charge on any atom is -0.507 e. The van der Waals surface area contributed by atoms with Gasteiger partial charge in [-0.15, -0.1) is 0 Å². The molecule has 0 bridgehead atoms. The van der Waals surface area contributed by atoms with Gasteiger partial charge in [-0.1, -0.05) is 36.0 Å². The van der Waals surface area contributed by atoms with Crippen molar-refractivity contribution in [3.8, 4) is 5.75 Å². The summed E-state index contributed by atoms with van der Waals surface area (Å²) >= 11 is 1.60. The molecule has 0 fully saturated rings. The minimum absolute atomic E-state index is 0.347. The Morgan fingerprint density at radius 2 is 1.89 bits per heavy atom. The molecule has 0 aliphatic heterocycles. The second kappa shape index (κ2) is 5.94. The molecular weight excluding hydrogens is 242 g/mol. The molecule has 0 heterocycles. The molecular formula is C15H17NOS. The zero-order chi connectivity index (χ0) is 13.0. The molecule has 0 aliphatic rings. The number of hydrogen-bond donors (Lipinski definition) is 2. The number of aryl methyl sites for hydroxylation is 1. The number of phenolic OH excluding ortho intramolecular Hbond substituents is 1. The summed E-state index contributed by atoms with van der Waals surface area (Å²) in [5, 5.41) is 13.1. The third-order valence-corrected chi connectivity index (χ3v) is 3.86. The predicted octanol–water partition coefficient (Wildman–Crippen LogP) is 3.57. The lowest BCUT2D eigenvalue weighted by atomic mass is 10.2. The van der Waals surface area contributed by atoms with Crippen LogP contribution < -0.4 is 5.32 Å². The lowest BCUT2D eigenvalue weighted by molar-refractivity contribution is 0.462. The number of rotatable bonds is 4. The summed E-state index contributed by atoms with van der Waals surface area (Å²) in [7, 11) is 1.94. The first-order chi connectivity index (χ1) is 8.70. The van der Waals surface area contributed by atoms with Gasteiger partial charge in [0, 0.05) is 11.4 Å². The summed E-state index contributed by atoms with van der Waals surface area (Å²) in [4.78, 5) is 2.06. The molecule has 0 aliphatic carbocycles. The third-order valence-electron chi connectivity index (χ3n) is 2.67. The highest BCUT2D eigenvalue weighted by Crippen LogP contribution is 2.36.